The zero-order chi connectivity index (χ0) is 43.0. The smallest absolute Gasteiger partial charge is 0.252 e. The minimum Gasteiger partial charge on any atom is -0.372 e. The molecule has 12 aliphatic rings. The van der Waals surface area contributed by atoms with Crippen LogP contribution in [0, 0.1) is 0 Å². The predicted molar refractivity (Wildman–Crippen MR) is 284 cm³/mol. The van der Waals surface area contributed by atoms with E-state index >= 15 is 0 Å². The molecular formula is C57H40B5N5. The summed E-state index contributed by atoms with van der Waals surface area (Å²) in [7, 11) is 0. The van der Waals surface area contributed by atoms with Gasteiger partial charge in [-0.1, -0.05) is 121 Å². The minimum absolute atomic E-state index is 0.132. The van der Waals surface area contributed by atoms with E-state index in [1.54, 1.807) is 55.5 Å². The lowest BCUT2D eigenvalue weighted by atomic mass is 9.21. The molecule has 19 rings (SSSR count). The van der Waals surface area contributed by atoms with Crippen LogP contribution in [0.25, 0.3) is 11.1 Å². The van der Waals surface area contributed by atoms with Gasteiger partial charge in [0.2, 0.25) is 26.9 Å². The van der Waals surface area contributed by atoms with E-state index in [0.29, 0.717) is 25.1 Å². The quantitative estimate of drug-likeness (QED) is 0.225. The van der Waals surface area contributed by atoms with Gasteiger partial charge in [0.05, 0.1) is 12.1 Å². The monoisotopic (exact) mass is 849 g/mol. The maximum absolute atomic E-state index is 4.67. The molecule has 0 aromatic heterocycles. The van der Waals surface area contributed by atoms with E-state index in [9.17, 15) is 0 Å². The van der Waals surface area contributed by atoms with E-state index in [2.05, 4.69) is 178 Å². The first-order valence-electron chi connectivity index (χ1n) is 25.0. The van der Waals surface area contributed by atoms with Gasteiger partial charge in [-0.05, 0) is 127 Å². The summed E-state index contributed by atoms with van der Waals surface area (Å²) in [5, 5.41) is 0. The van der Waals surface area contributed by atoms with Crippen molar-refractivity contribution in [1.29, 1.82) is 0 Å². The Bertz CT molecular complexity index is 3660. The third-order valence-corrected chi connectivity index (χ3v) is 19.6. The third kappa shape index (κ3) is 3.43. The topological polar surface area (TPSA) is 16.2 Å². The molecule has 2 aliphatic carbocycles. The maximum atomic E-state index is 4.67. The van der Waals surface area contributed by atoms with Crippen LogP contribution in [-0.2, 0) is 0 Å². The van der Waals surface area contributed by atoms with Gasteiger partial charge in [0.15, 0.2) is 0 Å². The van der Waals surface area contributed by atoms with Crippen molar-refractivity contribution in [2.75, 3.05) is 50.3 Å². The van der Waals surface area contributed by atoms with Crippen molar-refractivity contribution in [2.24, 2.45) is 0 Å². The van der Waals surface area contributed by atoms with Crippen molar-refractivity contribution in [3.05, 3.63) is 180 Å². The summed E-state index contributed by atoms with van der Waals surface area (Å²) in [5.41, 5.74) is 36.6. The summed E-state index contributed by atoms with van der Waals surface area (Å²) >= 11 is 0. The highest BCUT2D eigenvalue weighted by Crippen LogP contribution is 2.69. The Hall–Kier alpha value is -6.92. The molecule has 0 N–H and O–H groups in total. The Balaban J connectivity index is 1.07. The number of rotatable bonds is 2. The van der Waals surface area contributed by atoms with E-state index in [0.717, 1.165) is 25.8 Å². The summed E-state index contributed by atoms with van der Waals surface area (Å²) in [6.45, 7) is 8.21. The molecule has 7 aromatic carbocycles. The van der Waals surface area contributed by atoms with E-state index in [1.165, 1.54) is 78.3 Å². The molecule has 5 nitrogen and oxygen atoms in total. The van der Waals surface area contributed by atoms with Crippen LogP contribution in [-0.4, -0.2) is 59.3 Å². The molecule has 0 saturated heterocycles. The molecule has 10 heterocycles. The molecule has 4 unspecified atom stereocenters. The van der Waals surface area contributed by atoms with Crippen molar-refractivity contribution < 1.29 is 0 Å². The summed E-state index contributed by atoms with van der Waals surface area (Å²) in [4.78, 5) is 14.4. The van der Waals surface area contributed by atoms with Crippen LogP contribution < -0.4 is 68.2 Å². The van der Waals surface area contributed by atoms with Crippen molar-refractivity contribution in [1.82, 2.24) is 0 Å². The van der Waals surface area contributed by atoms with Crippen LogP contribution in [0.4, 0.5) is 45.5 Å². The molecule has 10 aliphatic heterocycles. The van der Waals surface area contributed by atoms with Crippen molar-refractivity contribution >= 4 is 123 Å². The first-order chi connectivity index (χ1) is 33.2. The van der Waals surface area contributed by atoms with Gasteiger partial charge in [-0.2, -0.15) is 0 Å². The Morgan fingerprint density at radius 3 is 1.54 bits per heavy atom. The van der Waals surface area contributed by atoms with Gasteiger partial charge in [0.1, 0.15) is 0 Å². The van der Waals surface area contributed by atoms with Gasteiger partial charge in [-0.15, -0.1) is 0 Å². The predicted octanol–water partition coefficient (Wildman–Crippen LogP) is 5.11. The SMILES string of the molecule is C=CC1=C(/C=C\C)B2c3ccccc3N3CB4c5ccccc5N5CB6c7ccccc7N7c8ccccc8B8CN9c%10ccccc%10B%10CN1c1c2c3c2c3c1C%10C9c1c8c7c6c(c1-3)C5C42. The molecule has 10 heteroatoms. The molecule has 67 heavy (non-hydrogen) atoms. The van der Waals surface area contributed by atoms with Gasteiger partial charge in [-0.3, -0.25) is 0 Å². The molecule has 4 atom stereocenters. The third-order valence-electron chi connectivity index (χ3n) is 19.6. The zero-order valence-corrected chi connectivity index (χ0v) is 37.2. The lowest BCUT2D eigenvalue weighted by molar-refractivity contribution is 0.570. The van der Waals surface area contributed by atoms with Crippen LogP contribution in [0.15, 0.2) is 157 Å². The Labute approximate surface area is 392 Å². The number of fused-ring (bicyclic) bond motifs is 15. The average Bonchev–Trinajstić information content (AvgIpc) is 3.38. The lowest BCUT2D eigenvalue weighted by Crippen LogP contribution is -2.75. The number of allylic oxidation sites excluding steroid dienone is 4. The molecule has 0 saturated carbocycles. The van der Waals surface area contributed by atoms with Crippen LogP contribution >= 0.6 is 0 Å². The summed E-state index contributed by atoms with van der Waals surface area (Å²) in [5.74, 6) is 0.643. The maximum Gasteiger partial charge on any atom is 0.252 e. The number of nitrogens with zero attached hydrogens (tertiary/aromatic N) is 5. The Kier molecular flexibility index (Phi) is 5.69. The molecular weight excluding hydrogens is 809 g/mol. The van der Waals surface area contributed by atoms with E-state index in [1.807, 2.05) is 0 Å². The second-order valence-electron chi connectivity index (χ2n) is 21.6. The standard InChI is InChI=1S/C57H40B5N5/c1-3-15-34-36(4-2)63-26-58-30-16-5-10-21-37(30)64-28-60-32-18-7-13-24-40(32)67-41-25-14-8-19-33(41)61-29-65-38-22-11-6-17-31(38)59-27-66-39-23-12-9-20-35(39)62(34)52-55(63)44-42-43-46(53(64)48(44)58)50(60)57(67)51(61)47(43)54(65)49(59)45(42)56(52)66/h3-25,48-49,53-54H,2,26-29H2,1H3/b15-3-. The first-order valence-corrected chi connectivity index (χ1v) is 25.0. The second-order valence-corrected chi connectivity index (χ2v) is 21.6. The number of anilines is 8. The van der Waals surface area contributed by atoms with Gasteiger partial charge in [0, 0.05) is 77.0 Å². The van der Waals surface area contributed by atoms with E-state index < -0.39 is 0 Å². The Morgan fingerprint density at radius 1 is 0.493 bits per heavy atom. The van der Waals surface area contributed by atoms with Gasteiger partial charge in [0.25, 0.3) is 6.71 Å². The molecule has 0 fully saturated rings. The molecule has 0 spiro atoms. The average molecular weight is 849 g/mol. The highest BCUT2D eigenvalue weighted by Gasteiger charge is 2.67. The highest BCUT2D eigenvalue weighted by molar-refractivity contribution is 6.97. The number of benzene rings is 7. The van der Waals surface area contributed by atoms with Crippen molar-refractivity contribution in [2.45, 2.75) is 30.6 Å². The van der Waals surface area contributed by atoms with Crippen LogP contribution in [0.5, 0.6) is 0 Å². The summed E-state index contributed by atoms with van der Waals surface area (Å²) in [6.07, 6.45) is 10.9. The molecule has 0 amide bonds. The molecule has 7 aromatic rings. The number of hydrogen-bond acceptors (Lipinski definition) is 5. The number of hydrogen-bond donors (Lipinski definition) is 0. The Morgan fingerprint density at radius 2 is 0.970 bits per heavy atom. The molecule has 0 radical (unpaired) electrons. The summed E-state index contributed by atoms with van der Waals surface area (Å²) in [6, 6.07) is 48.3. The molecule has 0 bridgehead atoms. The van der Waals surface area contributed by atoms with E-state index in [4.69, 9.17) is 0 Å². The van der Waals surface area contributed by atoms with Gasteiger partial charge in [-0.25, -0.2) is 0 Å². The van der Waals surface area contributed by atoms with Crippen LogP contribution in [0.3, 0.4) is 0 Å². The number of para-hydroxylation sites is 5. The van der Waals surface area contributed by atoms with Gasteiger partial charge < -0.3 is 24.5 Å². The van der Waals surface area contributed by atoms with Crippen LogP contribution in [0.1, 0.15) is 52.9 Å². The fraction of sp³-hybridized carbons (Fsp3) is 0.158. The lowest BCUT2D eigenvalue weighted by Gasteiger charge is -2.65. The second kappa shape index (κ2) is 11.1. The van der Waals surface area contributed by atoms with E-state index in [-0.39, 0.29) is 32.2 Å². The fourth-order valence-corrected chi connectivity index (χ4v) is 17.9. The molecule has 308 valence electrons. The minimum atomic E-state index is 0.132. The van der Waals surface area contributed by atoms with Crippen molar-refractivity contribution in [3.8, 4) is 11.1 Å². The highest BCUT2D eigenvalue weighted by atomic mass is 15.2. The first kappa shape index (κ1) is 34.4. The summed E-state index contributed by atoms with van der Waals surface area (Å²) < 4.78 is 0. The van der Waals surface area contributed by atoms with Gasteiger partial charge >= 0.3 is 0 Å². The fourth-order valence-electron chi connectivity index (χ4n) is 17.9. The zero-order valence-electron chi connectivity index (χ0n) is 37.2. The van der Waals surface area contributed by atoms with Crippen molar-refractivity contribution in [3.63, 3.8) is 0 Å². The largest absolute Gasteiger partial charge is 0.372 e. The normalized spacial score (nSPS) is 23.3. The van der Waals surface area contributed by atoms with Crippen LogP contribution in [0.2, 0.25) is 0 Å².